The molecular weight excluding hydrogens is 404 g/mol. The van der Waals surface area contributed by atoms with Crippen molar-refractivity contribution in [1.29, 1.82) is 0 Å². The Morgan fingerprint density at radius 3 is 2.14 bits per heavy atom. The molecule has 0 radical (unpaired) electrons. The number of benzene rings is 1. The highest BCUT2D eigenvalue weighted by Crippen LogP contribution is 2.21. The van der Waals surface area contributed by atoms with E-state index in [2.05, 4.69) is 0 Å². The molecule has 0 aromatic heterocycles. The number of carbonyl (C=O) groups excluding carboxylic acids is 1. The predicted octanol–water partition coefficient (Wildman–Crippen LogP) is 1.09. The zero-order valence-corrected chi connectivity index (χ0v) is 17.5. The summed E-state index contributed by atoms with van der Waals surface area (Å²) >= 11 is 0. The fourth-order valence-electron chi connectivity index (χ4n) is 3.48. The van der Waals surface area contributed by atoms with Crippen molar-refractivity contribution >= 4 is 25.8 Å². The summed E-state index contributed by atoms with van der Waals surface area (Å²) < 4.78 is 59.0. The Morgan fingerprint density at radius 2 is 1.61 bits per heavy atom. The molecule has 0 aliphatic carbocycles. The van der Waals surface area contributed by atoms with E-state index in [4.69, 9.17) is 4.74 Å². The molecule has 2 heterocycles. The third-order valence-corrected chi connectivity index (χ3v) is 9.02. The van der Waals surface area contributed by atoms with Crippen LogP contribution in [0.15, 0.2) is 29.2 Å². The normalized spacial score (nSPS) is 22.8. The fourth-order valence-corrected chi connectivity index (χ4v) is 6.56. The van der Waals surface area contributed by atoms with Gasteiger partial charge in [-0.3, -0.25) is 4.79 Å². The van der Waals surface area contributed by atoms with Crippen LogP contribution < -0.4 is 0 Å². The first-order chi connectivity index (χ1) is 13.2. The van der Waals surface area contributed by atoms with E-state index in [9.17, 15) is 21.6 Å². The molecule has 0 bridgehead atoms. The third kappa shape index (κ3) is 4.80. The lowest BCUT2D eigenvalue weighted by atomic mass is 10.1. The smallest absolute Gasteiger partial charge is 0.243 e. The molecule has 0 spiro atoms. The van der Waals surface area contributed by atoms with Crippen LogP contribution >= 0.6 is 0 Å². The van der Waals surface area contributed by atoms with Crippen LogP contribution in [0, 0.1) is 0 Å². The number of ether oxygens (including phenoxy) is 1. The third-order valence-electron chi connectivity index (χ3n) is 5.16. The Hall–Kier alpha value is -1.33. The van der Waals surface area contributed by atoms with Gasteiger partial charge in [0.05, 0.1) is 16.8 Å². The summed E-state index contributed by atoms with van der Waals surface area (Å²) in [5, 5.41) is 0. The number of sulfonamides is 2. The van der Waals surface area contributed by atoms with Gasteiger partial charge in [0, 0.05) is 38.3 Å². The summed E-state index contributed by atoms with van der Waals surface area (Å²) in [7, 11) is -7.21. The molecule has 10 heteroatoms. The largest absolute Gasteiger partial charge is 0.377 e. The first-order valence-electron chi connectivity index (χ1n) is 9.41. The number of nitrogens with zero attached hydrogens (tertiary/aromatic N) is 2. The van der Waals surface area contributed by atoms with E-state index >= 15 is 0 Å². The number of ketones is 1. The van der Waals surface area contributed by atoms with Gasteiger partial charge in [-0.1, -0.05) is 12.1 Å². The maximum atomic E-state index is 12.8. The molecular formula is C18H26N2O6S2. The van der Waals surface area contributed by atoms with E-state index in [-0.39, 0.29) is 48.7 Å². The van der Waals surface area contributed by atoms with Crippen molar-refractivity contribution in [2.75, 3.05) is 38.5 Å². The number of Topliss-reactive ketones (excluding diaryl/α,β-unsaturated/α-hetero) is 1. The molecule has 28 heavy (non-hydrogen) atoms. The zero-order chi connectivity index (χ0) is 20.4. The first kappa shape index (κ1) is 21.4. The van der Waals surface area contributed by atoms with Crippen LogP contribution in [-0.4, -0.2) is 75.9 Å². The van der Waals surface area contributed by atoms with E-state index in [0.717, 1.165) is 19.3 Å². The molecule has 2 fully saturated rings. The zero-order valence-electron chi connectivity index (χ0n) is 15.9. The van der Waals surface area contributed by atoms with Gasteiger partial charge in [0.2, 0.25) is 20.0 Å². The van der Waals surface area contributed by atoms with E-state index in [0.29, 0.717) is 12.2 Å². The summed E-state index contributed by atoms with van der Waals surface area (Å²) in [4.78, 5) is 11.5. The highest BCUT2D eigenvalue weighted by molar-refractivity contribution is 7.89. The Bertz CT molecular complexity index is 898. The number of piperazine rings is 1. The van der Waals surface area contributed by atoms with Crippen LogP contribution in [0.4, 0.5) is 0 Å². The molecule has 0 saturated carbocycles. The lowest BCUT2D eigenvalue weighted by Crippen LogP contribution is -2.51. The van der Waals surface area contributed by atoms with Gasteiger partial charge in [-0.15, -0.1) is 0 Å². The lowest BCUT2D eigenvalue weighted by molar-refractivity contribution is 0.0297. The maximum Gasteiger partial charge on any atom is 0.243 e. The topological polar surface area (TPSA) is 101 Å². The van der Waals surface area contributed by atoms with Crippen LogP contribution in [0.3, 0.4) is 0 Å². The van der Waals surface area contributed by atoms with Gasteiger partial charge in [0.15, 0.2) is 5.78 Å². The second-order valence-electron chi connectivity index (χ2n) is 7.15. The molecule has 1 unspecified atom stereocenters. The van der Waals surface area contributed by atoms with Gasteiger partial charge >= 0.3 is 0 Å². The Balaban J connectivity index is 1.62. The van der Waals surface area contributed by atoms with Gasteiger partial charge in [0.1, 0.15) is 0 Å². The number of carbonyl (C=O) groups is 1. The van der Waals surface area contributed by atoms with Crippen LogP contribution in [0.25, 0.3) is 0 Å². The average molecular weight is 431 g/mol. The van der Waals surface area contributed by atoms with Crippen molar-refractivity contribution in [2.24, 2.45) is 0 Å². The van der Waals surface area contributed by atoms with Gasteiger partial charge in [-0.05, 0) is 38.3 Å². The van der Waals surface area contributed by atoms with E-state index in [1.54, 1.807) is 0 Å². The lowest BCUT2D eigenvalue weighted by Gasteiger charge is -2.34. The second kappa shape index (κ2) is 8.58. The Labute approximate surface area is 166 Å². The van der Waals surface area contributed by atoms with Crippen LogP contribution in [0.1, 0.15) is 36.5 Å². The Morgan fingerprint density at radius 1 is 1.00 bits per heavy atom. The fraction of sp³-hybridized carbons (Fsp3) is 0.611. The molecule has 3 rings (SSSR count). The summed E-state index contributed by atoms with van der Waals surface area (Å²) in [5.74, 6) is -0.184. The monoisotopic (exact) mass is 430 g/mol. The molecule has 8 nitrogen and oxygen atoms in total. The first-order valence-corrected chi connectivity index (χ1v) is 12.5. The van der Waals surface area contributed by atoms with E-state index in [1.807, 2.05) is 0 Å². The number of rotatable bonds is 6. The predicted molar refractivity (Wildman–Crippen MR) is 104 cm³/mol. The van der Waals surface area contributed by atoms with Crippen molar-refractivity contribution < 1.29 is 26.4 Å². The van der Waals surface area contributed by atoms with Crippen LogP contribution in [-0.2, 0) is 24.8 Å². The Kier molecular flexibility index (Phi) is 6.55. The van der Waals surface area contributed by atoms with E-state index in [1.165, 1.54) is 39.8 Å². The summed E-state index contributed by atoms with van der Waals surface area (Å²) in [6.07, 6.45) is 2.39. The molecule has 0 N–H and O–H groups in total. The van der Waals surface area contributed by atoms with Crippen molar-refractivity contribution in [2.45, 2.75) is 37.2 Å². The summed E-state index contributed by atoms with van der Waals surface area (Å²) in [6, 6.07) is 5.80. The molecule has 1 aromatic rings. The minimum absolute atomic E-state index is 0.0493. The SMILES string of the molecule is CC(=O)c1ccc(S(=O)(=O)N2CCN(S(=O)(=O)CC3CCCCO3)CC2)cc1. The second-order valence-corrected chi connectivity index (χ2v) is 11.1. The van der Waals surface area contributed by atoms with Gasteiger partial charge in [0.25, 0.3) is 0 Å². The molecule has 2 saturated heterocycles. The van der Waals surface area contributed by atoms with Crippen LogP contribution in [0.5, 0.6) is 0 Å². The summed E-state index contributed by atoms with van der Waals surface area (Å²) in [6.45, 7) is 2.46. The maximum absolute atomic E-state index is 12.8. The average Bonchev–Trinajstić information content (AvgIpc) is 2.68. The molecule has 0 amide bonds. The minimum Gasteiger partial charge on any atom is -0.377 e. The molecule has 1 aromatic carbocycles. The minimum atomic E-state index is -3.72. The molecule has 156 valence electrons. The summed E-state index contributed by atoms with van der Waals surface area (Å²) in [5.41, 5.74) is 0.444. The molecule has 1 atom stereocenters. The quantitative estimate of drug-likeness (QED) is 0.627. The highest BCUT2D eigenvalue weighted by Gasteiger charge is 2.34. The van der Waals surface area contributed by atoms with Crippen molar-refractivity contribution in [1.82, 2.24) is 8.61 Å². The van der Waals surface area contributed by atoms with E-state index < -0.39 is 20.0 Å². The van der Waals surface area contributed by atoms with Gasteiger partial charge in [-0.25, -0.2) is 16.8 Å². The van der Waals surface area contributed by atoms with Gasteiger partial charge < -0.3 is 4.74 Å². The van der Waals surface area contributed by atoms with Crippen molar-refractivity contribution in [3.63, 3.8) is 0 Å². The van der Waals surface area contributed by atoms with Crippen LogP contribution in [0.2, 0.25) is 0 Å². The highest BCUT2D eigenvalue weighted by atomic mass is 32.2. The van der Waals surface area contributed by atoms with Crippen molar-refractivity contribution in [3.05, 3.63) is 29.8 Å². The standard InChI is InChI=1S/C18H26N2O6S2/c1-15(21)16-5-7-18(8-6-16)28(24,25)20-11-9-19(10-12-20)27(22,23)14-17-4-2-3-13-26-17/h5-8,17H,2-4,9-14H2,1H3. The van der Waals surface area contributed by atoms with Gasteiger partial charge in [-0.2, -0.15) is 8.61 Å². The number of hydrogen-bond acceptors (Lipinski definition) is 6. The van der Waals surface area contributed by atoms with Crippen molar-refractivity contribution in [3.8, 4) is 0 Å². The molecule has 2 aliphatic heterocycles. The molecule has 2 aliphatic rings. The number of hydrogen-bond donors (Lipinski definition) is 0.